The number of benzene rings is 3. The highest BCUT2D eigenvalue weighted by atomic mass is 35.5. The first kappa shape index (κ1) is 24.4. The number of phenolic OH excluding ortho intramolecular Hbond substituents is 1. The average Bonchev–Trinajstić information content (AvgIpc) is 3.23. The molecule has 37 heavy (non-hydrogen) atoms. The highest BCUT2D eigenvalue weighted by Crippen LogP contribution is 2.46. The van der Waals surface area contributed by atoms with Crippen LogP contribution >= 0.6 is 22.9 Å². The Morgan fingerprint density at radius 3 is 2.43 bits per heavy atom. The fourth-order valence-corrected chi connectivity index (χ4v) is 4.92. The van der Waals surface area contributed by atoms with Crippen molar-refractivity contribution in [1.82, 2.24) is 4.98 Å². The molecule has 0 aliphatic heterocycles. The van der Waals surface area contributed by atoms with E-state index in [0.29, 0.717) is 38.1 Å². The lowest BCUT2D eigenvalue weighted by Crippen LogP contribution is -1.99. The van der Waals surface area contributed by atoms with Crippen molar-refractivity contribution in [3.8, 4) is 23.0 Å². The van der Waals surface area contributed by atoms with E-state index in [9.17, 15) is 15.0 Å². The normalized spacial score (nSPS) is 11.4. The number of carboxylic acids is 1. The minimum absolute atomic E-state index is 0.0506. The molecule has 184 valence electrons. The first-order valence-electron chi connectivity index (χ1n) is 11.2. The van der Waals surface area contributed by atoms with Gasteiger partial charge in [0.05, 0.1) is 10.5 Å². The van der Waals surface area contributed by atoms with Crippen LogP contribution in [0.15, 0.2) is 91.3 Å². The van der Waals surface area contributed by atoms with E-state index in [1.807, 2.05) is 30.3 Å². The Hall–Kier alpha value is -4.33. The summed E-state index contributed by atoms with van der Waals surface area (Å²) < 4.78 is 12.9. The van der Waals surface area contributed by atoms with Gasteiger partial charge in [-0.3, -0.25) is 4.98 Å². The first-order chi connectivity index (χ1) is 18.0. The molecular weight excluding hydrogens is 510 g/mol. The molecule has 0 atom stereocenters. The van der Waals surface area contributed by atoms with Gasteiger partial charge in [-0.05, 0) is 59.7 Å². The second-order valence-corrected chi connectivity index (χ2v) is 9.56. The summed E-state index contributed by atoms with van der Waals surface area (Å²) in [6, 6.07) is 23.1. The number of fused-ring (bicyclic) bond motifs is 1. The summed E-state index contributed by atoms with van der Waals surface area (Å²) >= 11 is 7.36. The molecule has 2 aromatic heterocycles. The Balaban J connectivity index is 1.60. The number of phenols is 1. The van der Waals surface area contributed by atoms with E-state index in [2.05, 4.69) is 4.98 Å². The minimum Gasteiger partial charge on any atom is -0.504 e. The molecule has 2 heterocycles. The summed E-state index contributed by atoms with van der Waals surface area (Å²) in [4.78, 5) is 16.7. The molecule has 5 aromatic rings. The second-order valence-electron chi connectivity index (χ2n) is 8.04. The standard InChI is InChI=1S/C29H20ClNO5S/c30-20-6-8-21(9-7-20)36-28-23-14-24(32)25(35-17-18-4-2-1-3-5-18)16-26(23)37-27(28)15-22(29(33)34)19-10-12-31-13-11-19/h1-16,32H,17H2,(H,33,34)/b22-15+. The third kappa shape index (κ3) is 5.58. The van der Waals surface area contributed by atoms with Crippen LogP contribution in [0, 0.1) is 0 Å². The number of hydrogen-bond acceptors (Lipinski definition) is 6. The Labute approximate surface area is 221 Å². The summed E-state index contributed by atoms with van der Waals surface area (Å²) in [5.74, 6) is 0.114. The van der Waals surface area contributed by atoms with Gasteiger partial charge in [-0.1, -0.05) is 41.9 Å². The Kier molecular flexibility index (Phi) is 7.07. The van der Waals surface area contributed by atoms with Crippen LogP contribution < -0.4 is 9.47 Å². The molecule has 8 heteroatoms. The Morgan fingerprint density at radius 2 is 1.73 bits per heavy atom. The lowest BCUT2D eigenvalue weighted by Gasteiger charge is -2.10. The number of thiophene rings is 1. The topological polar surface area (TPSA) is 88.9 Å². The van der Waals surface area contributed by atoms with Crippen molar-refractivity contribution in [2.24, 2.45) is 0 Å². The monoisotopic (exact) mass is 529 g/mol. The number of nitrogens with zero attached hydrogens (tertiary/aromatic N) is 1. The van der Waals surface area contributed by atoms with Gasteiger partial charge in [0.15, 0.2) is 17.2 Å². The van der Waals surface area contributed by atoms with Crippen molar-refractivity contribution < 1.29 is 24.5 Å². The summed E-state index contributed by atoms with van der Waals surface area (Å²) in [7, 11) is 0. The molecule has 3 aromatic carbocycles. The molecular formula is C29H20ClNO5S. The van der Waals surface area contributed by atoms with E-state index < -0.39 is 5.97 Å². The number of aliphatic carboxylic acids is 1. The van der Waals surface area contributed by atoms with Gasteiger partial charge >= 0.3 is 5.97 Å². The summed E-state index contributed by atoms with van der Waals surface area (Å²) in [5, 5.41) is 21.9. The molecule has 0 aliphatic carbocycles. The highest BCUT2D eigenvalue weighted by molar-refractivity contribution is 7.20. The van der Waals surface area contributed by atoms with Gasteiger partial charge in [-0.2, -0.15) is 0 Å². The maximum atomic E-state index is 12.2. The van der Waals surface area contributed by atoms with Crippen molar-refractivity contribution >= 4 is 50.6 Å². The molecule has 0 saturated heterocycles. The van der Waals surface area contributed by atoms with E-state index >= 15 is 0 Å². The van der Waals surface area contributed by atoms with E-state index in [-0.39, 0.29) is 17.9 Å². The molecule has 6 nitrogen and oxygen atoms in total. The zero-order valence-corrected chi connectivity index (χ0v) is 20.9. The van der Waals surface area contributed by atoms with Crippen molar-refractivity contribution in [3.63, 3.8) is 0 Å². The number of hydrogen-bond donors (Lipinski definition) is 2. The van der Waals surface area contributed by atoms with Crippen LogP contribution in [0.4, 0.5) is 0 Å². The molecule has 0 radical (unpaired) electrons. The van der Waals surface area contributed by atoms with Crippen molar-refractivity contribution in [2.45, 2.75) is 6.61 Å². The lowest BCUT2D eigenvalue weighted by atomic mass is 10.1. The molecule has 5 rings (SSSR count). The van der Waals surface area contributed by atoms with Crippen LogP contribution in [0.25, 0.3) is 21.7 Å². The minimum atomic E-state index is -1.09. The maximum Gasteiger partial charge on any atom is 0.336 e. The van der Waals surface area contributed by atoms with Crippen LogP contribution in [0.1, 0.15) is 16.0 Å². The van der Waals surface area contributed by atoms with Gasteiger partial charge in [0.25, 0.3) is 0 Å². The molecule has 0 saturated carbocycles. The molecule has 0 fully saturated rings. The average molecular weight is 530 g/mol. The van der Waals surface area contributed by atoms with E-state index in [0.717, 1.165) is 10.3 Å². The number of carbonyl (C=O) groups is 1. The number of aromatic hydroxyl groups is 1. The van der Waals surface area contributed by atoms with Gasteiger partial charge < -0.3 is 19.7 Å². The fourth-order valence-electron chi connectivity index (χ4n) is 3.71. The summed E-state index contributed by atoms with van der Waals surface area (Å²) in [6.45, 7) is 0.289. The fraction of sp³-hybridized carbons (Fsp3) is 0.0345. The zero-order valence-electron chi connectivity index (χ0n) is 19.3. The van der Waals surface area contributed by atoms with Crippen LogP contribution in [0.3, 0.4) is 0 Å². The van der Waals surface area contributed by atoms with Gasteiger partial charge in [0.1, 0.15) is 12.4 Å². The van der Waals surface area contributed by atoms with E-state index in [1.54, 1.807) is 54.6 Å². The van der Waals surface area contributed by atoms with Crippen molar-refractivity contribution in [3.05, 3.63) is 112 Å². The molecule has 0 spiro atoms. The van der Waals surface area contributed by atoms with Gasteiger partial charge in [-0.25, -0.2) is 4.79 Å². The second kappa shape index (κ2) is 10.7. The molecule has 0 unspecified atom stereocenters. The predicted molar refractivity (Wildman–Crippen MR) is 146 cm³/mol. The van der Waals surface area contributed by atoms with Gasteiger partial charge in [0, 0.05) is 33.6 Å². The molecule has 2 N–H and O–H groups in total. The largest absolute Gasteiger partial charge is 0.504 e. The smallest absolute Gasteiger partial charge is 0.336 e. The third-order valence-electron chi connectivity index (χ3n) is 5.52. The molecule has 0 bridgehead atoms. The number of ether oxygens (including phenoxy) is 2. The van der Waals surface area contributed by atoms with Gasteiger partial charge in [-0.15, -0.1) is 11.3 Å². The quantitative estimate of drug-likeness (QED) is 0.201. The third-order valence-corrected chi connectivity index (χ3v) is 6.85. The van der Waals surface area contributed by atoms with E-state index in [1.165, 1.54) is 23.7 Å². The number of pyridine rings is 1. The van der Waals surface area contributed by atoms with Crippen LogP contribution in [0.5, 0.6) is 23.0 Å². The Morgan fingerprint density at radius 1 is 1.00 bits per heavy atom. The number of halogens is 1. The number of aromatic nitrogens is 1. The highest BCUT2D eigenvalue weighted by Gasteiger charge is 2.20. The van der Waals surface area contributed by atoms with Crippen LogP contribution in [-0.2, 0) is 11.4 Å². The summed E-state index contributed by atoms with van der Waals surface area (Å²) in [6.07, 6.45) is 4.64. The summed E-state index contributed by atoms with van der Waals surface area (Å²) in [5.41, 5.74) is 1.55. The molecule has 0 aliphatic rings. The van der Waals surface area contributed by atoms with Crippen LogP contribution in [-0.4, -0.2) is 21.2 Å². The first-order valence-corrected chi connectivity index (χ1v) is 12.4. The van der Waals surface area contributed by atoms with Crippen LogP contribution in [0.2, 0.25) is 5.02 Å². The lowest BCUT2D eigenvalue weighted by molar-refractivity contribution is -0.130. The zero-order chi connectivity index (χ0) is 25.8. The van der Waals surface area contributed by atoms with Crippen molar-refractivity contribution in [2.75, 3.05) is 0 Å². The van der Waals surface area contributed by atoms with E-state index in [4.69, 9.17) is 21.1 Å². The molecule has 0 amide bonds. The predicted octanol–water partition coefficient (Wildman–Crippen LogP) is 7.65. The SMILES string of the molecule is O=C(O)/C(=C/c1sc2cc(OCc3ccccc3)c(O)cc2c1Oc1ccc(Cl)cc1)c1ccncc1. The number of carboxylic acid groups (broad SMARTS) is 1. The maximum absolute atomic E-state index is 12.2. The number of rotatable bonds is 8. The Bertz CT molecular complexity index is 1580. The van der Waals surface area contributed by atoms with Crippen molar-refractivity contribution in [1.29, 1.82) is 0 Å². The van der Waals surface area contributed by atoms with Gasteiger partial charge in [0.2, 0.25) is 0 Å².